The molecule has 0 radical (unpaired) electrons. The zero-order valence-electron chi connectivity index (χ0n) is 22.4. The maximum atomic E-state index is 14.0. The number of halogens is 2. The summed E-state index contributed by atoms with van der Waals surface area (Å²) in [6.07, 6.45) is 0.322. The Balaban J connectivity index is 2.12. The van der Waals surface area contributed by atoms with E-state index in [9.17, 15) is 18.0 Å². The van der Waals surface area contributed by atoms with E-state index in [1.54, 1.807) is 69.3 Å². The average Bonchev–Trinajstić information content (AvgIpc) is 2.90. The third kappa shape index (κ3) is 7.32. The van der Waals surface area contributed by atoms with E-state index in [1.165, 1.54) is 23.1 Å². The van der Waals surface area contributed by atoms with E-state index in [0.29, 0.717) is 34.1 Å². The second-order valence-corrected chi connectivity index (χ2v) is 11.9. The number of hydrogen-bond acceptors (Lipinski definition) is 4. The topological polar surface area (TPSA) is 86.8 Å². The van der Waals surface area contributed by atoms with Gasteiger partial charge < -0.3 is 10.2 Å². The molecule has 0 fully saturated rings. The SMILES string of the molecule is CCNC(=O)C(CC)N(Cc1ccccc1Cl)C(=O)CN(c1cc(Cl)ccc1C)S(=O)(=O)c1ccc(C)cc1. The molecule has 0 heterocycles. The van der Waals surface area contributed by atoms with E-state index in [-0.39, 0.29) is 23.0 Å². The molecular weight excluding hydrogens is 557 g/mol. The van der Waals surface area contributed by atoms with Crippen LogP contribution in [0.15, 0.2) is 71.6 Å². The number of carbonyl (C=O) groups is 2. The van der Waals surface area contributed by atoms with Crippen molar-refractivity contribution < 1.29 is 18.0 Å². The van der Waals surface area contributed by atoms with Crippen molar-refractivity contribution in [3.63, 3.8) is 0 Å². The van der Waals surface area contributed by atoms with E-state index in [1.807, 2.05) is 6.92 Å². The molecule has 3 rings (SSSR count). The van der Waals surface area contributed by atoms with Crippen molar-refractivity contribution in [2.75, 3.05) is 17.4 Å². The summed E-state index contributed by atoms with van der Waals surface area (Å²) in [6.45, 7) is 7.08. The number of nitrogens with one attached hydrogen (secondary N) is 1. The molecule has 39 heavy (non-hydrogen) atoms. The number of anilines is 1. The smallest absolute Gasteiger partial charge is 0.264 e. The first kappa shape index (κ1) is 30.5. The van der Waals surface area contributed by atoms with Crippen molar-refractivity contribution >= 4 is 50.7 Å². The van der Waals surface area contributed by atoms with E-state index in [2.05, 4.69) is 5.32 Å². The Labute approximate surface area is 240 Å². The second kappa shape index (κ2) is 13.3. The molecule has 0 aliphatic rings. The Hall–Kier alpha value is -3.07. The first-order chi connectivity index (χ1) is 18.5. The third-order valence-corrected chi connectivity index (χ3v) is 8.74. The number of nitrogens with zero attached hydrogens (tertiary/aromatic N) is 2. The number of sulfonamides is 1. The van der Waals surface area contributed by atoms with Gasteiger partial charge in [-0.3, -0.25) is 13.9 Å². The highest BCUT2D eigenvalue weighted by Crippen LogP contribution is 2.30. The summed E-state index contributed by atoms with van der Waals surface area (Å²) in [5, 5.41) is 3.55. The molecule has 7 nitrogen and oxygen atoms in total. The lowest BCUT2D eigenvalue weighted by molar-refractivity contribution is -0.140. The fourth-order valence-corrected chi connectivity index (χ4v) is 6.06. The molecule has 1 N–H and O–H groups in total. The number of benzene rings is 3. The number of carbonyl (C=O) groups excluding carboxylic acids is 2. The molecule has 0 bridgehead atoms. The molecule has 1 unspecified atom stereocenters. The van der Waals surface area contributed by atoms with Crippen LogP contribution in [0.3, 0.4) is 0 Å². The van der Waals surface area contributed by atoms with Gasteiger partial charge in [0.25, 0.3) is 10.0 Å². The molecule has 0 aliphatic heterocycles. The monoisotopic (exact) mass is 589 g/mol. The number of hydrogen-bond donors (Lipinski definition) is 1. The van der Waals surface area contributed by atoms with E-state index < -0.39 is 28.5 Å². The van der Waals surface area contributed by atoms with Gasteiger partial charge in [-0.05, 0) is 68.7 Å². The molecule has 0 saturated heterocycles. The molecule has 1 atom stereocenters. The fourth-order valence-electron chi connectivity index (χ4n) is 4.22. The van der Waals surface area contributed by atoms with Crippen LogP contribution in [-0.2, 0) is 26.2 Å². The van der Waals surface area contributed by atoms with Crippen LogP contribution in [-0.4, -0.2) is 44.3 Å². The maximum Gasteiger partial charge on any atom is 0.264 e. The molecule has 2 amide bonds. The Morgan fingerprint density at radius 2 is 1.62 bits per heavy atom. The standard InChI is InChI=1S/C29H33Cl2N3O4S/c1-5-26(29(36)32-6-2)33(18-22-9-7-8-10-25(22)31)28(35)19-34(27-17-23(30)14-13-21(27)4)39(37,38)24-15-11-20(3)12-16-24/h7-17,26H,5-6,18-19H2,1-4H3,(H,32,36). The first-order valence-electron chi connectivity index (χ1n) is 12.7. The summed E-state index contributed by atoms with van der Waals surface area (Å²) in [5.74, 6) is -0.879. The summed E-state index contributed by atoms with van der Waals surface area (Å²) in [7, 11) is -4.18. The lowest BCUT2D eigenvalue weighted by atomic mass is 10.1. The molecule has 208 valence electrons. The highest BCUT2D eigenvalue weighted by Gasteiger charge is 2.34. The van der Waals surface area contributed by atoms with Crippen molar-refractivity contribution in [1.82, 2.24) is 10.2 Å². The molecule has 0 aliphatic carbocycles. The van der Waals surface area contributed by atoms with Crippen LogP contribution in [0, 0.1) is 13.8 Å². The predicted molar refractivity (Wildman–Crippen MR) is 157 cm³/mol. The van der Waals surface area contributed by atoms with Gasteiger partial charge in [-0.1, -0.05) is 72.1 Å². The summed E-state index contributed by atoms with van der Waals surface area (Å²) < 4.78 is 29.0. The van der Waals surface area contributed by atoms with Gasteiger partial charge in [-0.25, -0.2) is 8.42 Å². The highest BCUT2D eigenvalue weighted by atomic mass is 35.5. The molecule has 0 spiro atoms. The van der Waals surface area contributed by atoms with E-state index in [4.69, 9.17) is 23.2 Å². The lowest BCUT2D eigenvalue weighted by Crippen LogP contribution is -2.52. The van der Waals surface area contributed by atoms with Gasteiger partial charge in [0.15, 0.2) is 0 Å². The molecule has 0 saturated carbocycles. The molecule has 3 aromatic carbocycles. The van der Waals surface area contributed by atoms with E-state index in [0.717, 1.165) is 9.87 Å². The van der Waals surface area contributed by atoms with Crippen LogP contribution in [0.5, 0.6) is 0 Å². The van der Waals surface area contributed by atoms with Crippen molar-refractivity contribution in [2.24, 2.45) is 0 Å². The van der Waals surface area contributed by atoms with Crippen molar-refractivity contribution in [1.29, 1.82) is 0 Å². The quantitative estimate of drug-likeness (QED) is 0.308. The second-order valence-electron chi connectivity index (χ2n) is 9.19. The Morgan fingerprint density at radius 1 is 0.949 bits per heavy atom. The summed E-state index contributed by atoms with van der Waals surface area (Å²) in [5.41, 5.74) is 2.44. The third-order valence-electron chi connectivity index (χ3n) is 6.36. The van der Waals surface area contributed by atoms with Gasteiger partial charge in [0.2, 0.25) is 11.8 Å². The van der Waals surface area contributed by atoms with Gasteiger partial charge in [-0.2, -0.15) is 0 Å². The number of amides is 2. The lowest BCUT2D eigenvalue weighted by Gasteiger charge is -2.33. The van der Waals surface area contributed by atoms with Crippen molar-refractivity contribution in [3.05, 3.63) is 93.5 Å². The zero-order chi connectivity index (χ0) is 28.7. The summed E-state index contributed by atoms with van der Waals surface area (Å²) in [6, 6.07) is 17.5. The fraction of sp³-hybridized carbons (Fsp3) is 0.310. The van der Waals surface area contributed by atoms with Crippen molar-refractivity contribution in [3.8, 4) is 0 Å². The summed E-state index contributed by atoms with van der Waals surface area (Å²) >= 11 is 12.7. The Bertz CT molecular complexity index is 1430. The van der Waals surface area contributed by atoms with Crippen molar-refractivity contribution in [2.45, 2.75) is 51.6 Å². The zero-order valence-corrected chi connectivity index (χ0v) is 24.8. The van der Waals surface area contributed by atoms with Gasteiger partial charge in [0.05, 0.1) is 10.6 Å². The van der Waals surface area contributed by atoms with Crippen LogP contribution in [0.4, 0.5) is 5.69 Å². The Morgan fingerprint density at radius 3 is 2.23 bits per heavy atom. The summed E-state index contributed by atoms with van der Waals surface area (Å²) in [4.78, 5) is 28.5. The van der Waals surface area contributed by atoms with Crippen LogP contribution in [0.1, 0.15) is 37.0 Å². The number of rotatable bonds is 11. The average molecular weight is 591 g/mol. The maximum absolute atomic E-state index is 14.0. The van der Waals surface area contributed by atoms with Crippen LogP contribution in [0.25, 0.3) is 0 Å². The van der Waals surface area contributed by atoms with Gasteiger partial charge >= 0.3 is 0 Å². The molecule has 10 heteroatoms. The minimum Gasteiger partial charge on any atom is -0.355 e. The number of aryl methyl sites for hydroxylation is 2. The van der Waals surface area contributed by atoms with Crippen LogP contribution >= 0.6 is 23.2 Å². The number of likely N-dealkylation sites (N-methyl/N-ethyl adjacent to an activating group) is 1. The molecule has 0 aromatic heterocycles. The molecule has 3 aromatic rings. The van der Waals surface area contributed by atoms with Gasteiger partial charge in [0.1, 0.15) is 12.6 Å². The minimum absolute atomic E-state index is 0.0289. The van der Waals surface area contributed by atoms with Gasteiger partial charge in [0, 0.05) is 23.1 Å². The van der Waals surface area contributed by atoms with Crippen LogP contribution in [0.2, 0.25) is 10.0 Å². The Kier molecular flexibility index (Phi) is 10.4. The van der Waals surface area contributed by atoms with E-state index >= 15 is 0 Å². The predicted octanol–water partition coefficient (Wildman–Crippen LogP) is 5.75. The van der Waals surface area contributed by atoms with Gasteiger partial charge in [-0.15, -0.1) is 0 Å². The normalized spacial score (nSPS) is 12.1. The van der Waals surface area contributed by atoms with Crippen LogP contribution < -0.4 is 9.62 Å². The highest BCUT2D eigenvalue weighted by molar-refractivity contribution is 7.92. The largest absolute Gasteiger partial charge is 0.355 e. The molecular formula is C29H33Cl2N3O4S. The minimum atomic E-state index is -4.18. The first-order valence-corrected chi connectivity index (χ1v) is 14.8.